The molecule has 3 rings (SSSR count). The minimum Gasteiger partial charge on any atom is -0.493 e. The van der Waals surface area contributed by atoms with E-state index in [2.05, 4.69) is 37.9 Å². The van der Waals surface area contributed by atoms with Crippen LogP contribution < -0.4 is 14.8 Å². The Morgan fingerprint density at radius 3 is 2.22 bits per heavy atom. The van der Waals surface area contributed by atoms with Gasteiger partial charge in [-0.3, -0.25) is 9.69 Å². The minimum atomic E-state index is -3.81. The Morgan fingerprint density at radius 2 is 1.59 bits per heavy atom. The van der Waals surface area contributed by atoms with Gasteiger partial charge in [-0.2, -0.15) is 0 Å². The van der Waals surface area contributed by atoms with Crippen molar-refractivity contribution in [1.82, 2.24) is 4.90 Å². The lowest BCUT2D eigenvalue weighted by Gasteiger charge is -2.30. The molecule has 0 saturated carbocycles. The van der Waals surface area contributed by atoms with Crippen LogP contribution in [-0.4, -0.2) is 51.6 Å². The molecule has 0 fully saturated rings. The number of carbonyl (C=O) groups excluding carboxylic acids is 1. The summed E-state index contributed by atoms with van der Waals surface area (Å²) in [5.74, 6) is 0.608. The van der Waals surface area contributed by atoms with Gasteiger partial charge in [0.25, 0.3) is 5.91 Å². The molecule has 0 spiro atoms. The highest BCUT2D eigenvalue weighted by atomic mass is 35.5. The Labute approximate surface area is 224 Å². The molecule has 1 N–H and O–H groups in total. The average molecular weight is 545 g/mol. The highest BCUT2D eigenvalue weighted by Gasteiger charge is 2.20. The number of nitrogens with zero attached hydrogens (tertiary/aromatic N) is 1. The van der Waals surface area contributed by atoms with Gasteiger partial charge in [0.05, 0.1) is 16.9 Å². The molecule has 7 nitrogen and oxygen atoms in total. The predicted octanol–water partition coefficient (Wildman–Crippen LogP) is 5.93. The van der Waals surface area contributed by atoms with Crippen LogP contribution in [0.25, 0.3) is 0 Å². The monoisotopic (exact) mass is 544 g/mol. The Hall–Kier alpha value is -3.07. The molecule has 9 heteroatoms. The molecule has 37 heavy (non-hydrogen) atoms. The molecule has 198 valence electrons. The third-order valence-electron chi connectivity index (χ3n) is 5.89. The number of sulfone groups is 1. The Bertz CT molecular complexity index is 1320. The minimum absolute atomic E-state index is 0.0149. The van der Waals surface area contributed by atoms with Crippen LogP contribution in [0.15, 0.2) is 76.5 Å². The summed E-state index contributed by atoms with van der Waals surface area (Å²) in [6.07, 6.45) is 0. The van der Waals surface area contributed by atoms with Crippen molar-refractivity contribution in [2.45, 2.75) is 49.6 Å². The summed E-state index contributed by atoms with van der Waals surface area (Å²) in [4.78, 5) is 15.4. The van der Waals surface area contributed by atoms with Crippen LogP contribution in [0.4, 0.5) is 5.69 Å². The smallest absolute Gasteiger partial charge is 0.255 e. The van der Waals surface area contributed by atoms with Crippen LogP contribution >= 0.6 is 11.6 Å². The third kappa shape index (κ3) is 7.25. The number of anilines is 1. The fourth-order valence-corrected chi connectivity index (χ4v) is 5.43. The fourth-order valence-electron chi connectivity index (χ4n) is 4.00. The van der Waals surface area contributed by atoms with Gasteiger partial charge in [-0.05, 0) is 82.3 Å². The number of halogens is 1. The summed E-state index contributed by atoms with van der Waals surface area (Å²) in [6.45, 7) is 9.77. The van der Waals surface area contributed by atoms with Crippen molar-refractivity contribution in [2.24, 2.45) is 0 Å². The van der Waals surface area contributed by atoms with E-state index < -0.39 is 15.7 Å². The van der Waals surface area contributed by atoms with Crippen LogP contribution in [0.2, 0.25) is 5.02 Å². The van der Waals surface area contributed by atoms with Crippen LogP contribution in [0, 0.1) is 0 Å². The van der Waals surface area contributed by atoms with Crippen molar-refractivity contribution >= 4 is 33.0 Å². The van der Waals surface area contributed by atoms with Crippen LogP contribution in [-0.2, 0) is 9.84 Å². The maximum Gasteiger partial charge on any atom is 0.255 e. The van der Waals surface area contributed by atoms with Gasteiger partial charge in [0, 0.05) is 41.0 Å². The van der Waals surface area contributed by atoms with Crippen molar-refractivity contribution in [1.29, 1.82) is 0 Å². The first-order valence-corrected chi connectivity index (χ1v) is 13.9. The van der Waals surface area contributed by atoms with Crippen LogP contribution in [0.1, 0.15) is 38.1 Å². The highest BCUT2D eigenvalue weighted by Crippen LogP contribution is 2.31. The topological polar surface area (TPSA) is 84.9 Å². The molecule has 3 aromatic rings. The fraction of sp³-hybridized carbons (Fsp3) is 0.321. The number of benzene rings is 3. The number of ether oxygens (including phenoxy) is 2. The van der Waals surface area contributed by atoms with E-state index in [9.17, 15) is 13.2 Å². The highest BCUT2D eigenvalue weighted by molar-refractivity contribution is 7.91. The molecule has 0 saturated heterocycles. The zero-order valence-electron chi connectivity index (χ0n) is 21.7. The lowest BCUT2D eigenvalue weighted by Crippen LogP contribution is -2.39. The summed E-state index contributed by atoms with van der Waals surface area (Å²) in [7, 11) is -2.25. The first-order chi connectivity index (χ1) is 17.5. The second-order valence-corrected chi connectivity index (χ2v) is 11.5. The molecule has 3 aromatic carbocycles. The predicted molar refractivity (Wildman–Crippen MR) is 147 cm³/mol. The first-order valence-electron chi connectivity index (χ1n) is 12.0. The first kappa shape index (κ1) is 28.5. The van der Waals surface area contributed by atoms with E-state index in [4.69, 9.17) is 21.1 Å². The molecule has 0 radical (unpaired) electrons. The van der Waals surface area contributed by atoms with Crippen molar-refractivity contribution in [3.05, 3.63) is 77.3 Å². The molecule has 0 aliphatic heterocycles. The number of hydrogen-bond acceptors (Lipinski definition) is 6. The molecule has 0 unspecified atom stereocenters. The Kier molecular flexibility index (Phi) is 9.59. The number of nitrogens with one attached hydrogen (secondary N) is 1. The summed E-state index contributed by atoms with van der Waals surface area (Å²) in [5, 5.41) is 3.25. The van der Waals surface area contributed by atoms with E-state index in [-0.39, 0.29) is 15.4 Å². The molecule has 0 bridgehead atoms. The number of amides is 1. The van der Waals surface area contributed by atoms with Crippen molar-refractivity contribution in [3.63, 3.8) is 0 Å². The molecular weight excluding hydrogens is 512 g/mol. The maximum absolute atomic E-state index is 13.0. The summed E-state index contributed by atoms with van der Waals surface area (Å²) in [5.41, 5.74) is 0.703. The van der Waals surface area contributed by atoms with E-state index in [1.54, 1.807) is 31.4 Å². The molecule has 0 heterocycles. The second-order valence-electron chi connectivity index (χ2n) is 9.08. The van der Waals surface area contributed by atoms with Gasteiger partial charge in [0.2, 0.25) is 9.84 Å². The summed E-state index contributed by atoms with van der Waals surface area (Å²) in [6, 6.07) is 17.7. The van der Waals surface area contributed by atoms with Gasteiger partial charge in [-0.15, -0.1) is 0 Å². The molecule has 1 amide bonds. The Balaban J connectivity index is 1.76. The standard InChI is InChI=1S/C28H33ClN2O5S/c1-19(2)31(20(3)4)15-16-36-27-18-23(11-14-26(27)35-5)30-28(32)21-7-6-8-25(17-21)37(33,34)24-12-9-22(29)10-13-24/h6-14,17-20H,15-16H2,1-5H3,(H,30,32). The number of methoxy groups -OCH3 is 1. The van der Waals surface area contributed by atoms with Crippen LogP contribution in [0.5, 0.6) is 11.5 Å². The average Bonchev–Trinajstić information content (AvgIpc) is 2.86. The number of rotatable bonds is 11. The van der Waals surface area contributed by atoms with Gasteiger partial charge < -0.3 is 14.8 Å². The molecular formula is C28H33ClN2O5S. The zero-order chi connectivity index (χ0) is 27.2. The molecule has 0 aliphatic rings. The van der Waals surface area contributed by atoms with Crippen LogP contribution in [0.3, 0.4) is 0 Å². The molecule has 0 aromatic heterocycles. The van der Waals surface area contributed by atoms with E-state index in [1.807, 2.05) is 0 Å². The van der Waals surface area contributed by atoms with Crippen molar-refractivity contribution in [2.75, 3.05) is 25.6 Å². The summed E-state index contributed by atoms with van der Waals surface area (Å²) < 4.78 is 37.5. The van der Waals surface area contributed by atoms with Gasteiger partial charge >= 0.3 is 0 Å². The van der Waals surface area contributed by atoms with E-state index in [1.165, 1.54) is 42.5 Å². The van der Waals surface area contributed by atoms with E-state index in [0.717, 1.165) is 6.54 Å². The van der Waals surface area contributed by atoms with Gasteiger partial charge in [0.15, 0.2) is 11.5 Å². The van der Waals surface area contributed by atoms with Crippen molar-refractivity contribution in [3.8, 4) is 11.5 Å². The third-order valence-corrected chi connectivity index (χ3v) is 7.90. The number of hydrogen-bond donors (Lipinski definition) is 1. The van der Waals surface area contributed by atoms with Gasteiger partial charge in [0.1, 0.15) is 6.61 Å². The van der Waals surface area contributed by atoms with Gasteiger partial charge in [-0.25, -0.2) is 8.42 Å². The van der Waals surface area contributed by atoms with Gasteiger partial charge in [-0.1, -0.05) is 17.7 Å². The largest absolute Gasteiger partial charge is 0.493 e. The van der Waals surface area contributed by atoms with Crippen molar-refractivity contribution < 1.29 is 22.7 Å². The lowest BCUT2D eigenvalue weighted by atomic mass is 10.2. The quantitative estimate of drug-likeness (QED) is 0.322. The Morgan fingerprint density at radius 1 is 0.919 bits per heavy atom. The van der Waals surface area contributed by atoms with E-state index in [0.29, 0.717) is 40.9 Å². The lowest BCUT2D eigenvalue weighted by molar-refractivity contribution is 0.102. The second kappa shape index (κ2) is 12.4. The normalized spacial score (nSPS) is 11.7. The molecule has 0 aliphatic carbocycles. The molecule has 0 atom stereocenters. The zero-order valence-corrected chi connectivity index (χ0v) is 23.3. The summed E-state index contributed by atoms with van der Waals surface area (Å²) >= 11 is 5.88. The maximum atomic E-state index is 13.0. The SMILES string of the molecule is COc1ccc(NC(=O)c2cccc(S(=O)(=O)c3ccc(Cl)cc3)c2)cc1OCCN(C(C)C)C(C)C. The number of carbonyl (C=O) groups is 1. The van der Waals surface area contributed by atoms with E-state index >= 15 is 0 Å².